The largest absolute Gasteiger partial charge is 0.462 e. The zero-order chi connectivity index (χ0) is 10.1. The summed E-state index contributed by atoms with van der Waals surface area (Å²) in [6.45, 7) is 5.61. The molecule has 0 amide bonds. The molecule has 0 aromatic carbocycles. The van der Waals surface area contributed by atoms with Crippen molar-refractivity contribution >= 4 is 28.2 Å². The van der Waals surface area contributed by atoms with Gasteiger partial charge in [0.25, 0.3) is 0 Å². The molecule has 3 nitrogen and oxygen atoms in total. The molecule has 0 spiro atoms. The van der Waals surface area contributed by atoms with E-state index in [2.05, 4.69) is 6.58 Å². The molecule has 0 aliphatic carbocycles. The van der Waals surface area contributed by atoms with Crippen LogP contribution in [0.4, 0.5) is 0 Å². The Morgan fingerprint density at radius 3 is 2.85 bits per heavy atom. The van der Waals surface area contributed by atoms with Gasteiger partial charge in [-0.25, -0.2) is 4.79 Å². The van der Waals surface area contributed by atoms with Gasteiger partial charge in [-0.05, 0) is 19.1 Å². The third-order valence-corrected chi connectivity index (χ3v) is 2.90. The molecular formula is C8H16O3SSi. The van der Waals surface area contributed by atoms with Crippen LogP contribution in [0.1, 0.15) is 13.3 Å². The molecule has 0 saturated carbocycles. The van der Waals surface area contributed by atoms with E-state index in [-0.39, 0.29) is 5.97 Å². The van der Waals surface area contributed by atoms with Crippen LogP contribution in [-0.4, -0.2) is 34.8 Å². The zero-order valence-electron chi connectivity index (χ0n) is 8.17. The number of rotatable bonds is 7. The summed E-state index contributed by atoms with van der Waals surface area (Å²) >= 11 is 1.71. The predicted octanol–water partition coefficient (Wildman–Crippen LogP) is 0.483. The molecular weight excluding hydrogens is 204 g/mol. The molecule has 0 aromatic rings. The van der Waals surface area contributed by atoms with Crippen molar-refractivity contribution in [2.75, 3.05) is 18.3 Å². The van der Waals surface area contributed by atoms with Crippen LogP contribution in [0.5, 0.6) is 0 Å². The molecule has 0 fully saturated rings. The third kappa shape index (κ3) is 8.08. The van der Waals surface area contributed by atoms with Gasteiger partial charge in [-0.1, -0.05) is 6.58 Å². The zero-order valence-corrected chi connectivity index (χ0v) is 11.0. The molecule has 0 bridgehead atoms. The van der Waals surface area contributed by atoms with E-state index in [1.54, 1.807) is 18.7 Å². The lowest BCUT2D eigenvalue weighted by Gasteiger charge is -2.03. The Morgan fingerprint density at radius 2 is 2.31 bits per heavy atom. The lowest BCUT2D eigenvalue weighted by atomic mass is 10.4. The van der Waals surface area contributed by atoms with Crippen LogP contribution in [0.2, 0.25) is 0 Å². The molecule has 0 heterocycles. The first kappa shape index (κ1) is 12.7. The average molecular weight is 220 g/mol. The van der Waals surface area contributed by atoms with Gasteiger partial charge in [0.2, 0.25) is 0 Å². The SMILES string of the molecule is C=C(C)C(=O)OCCCSCO[SiH3]. The average Bonchev–Trinajstić information content (AvgIpc) is 2.10. The van der Waals surface area contributed by atoms with Gasteiger partial charge in [-0.2, -0.15) is 0 Å². The molecule has 13 heavy (non-hydrogen) atoms. The van der Waals surface area contributed by atoms with Crippen molar-refractivity contribution in [2.24, 2.45) is 0 Å². The van der Waals surface area contributed by atoms with E-state index in [1.807, 2.05) is 0 Å². The first-order valence-corrected chi connectivity index (χ1v) is 6.05. The van der Waals surface area contributed by atoms with Crippen molar-refractivity contribution in [1.29, 1.82) is 0 Å². The Kier molecular flexibility index (Phi) is 8.17. The Balaban J connectivity index is 3.16. The highest BCUT2D eigenvalue weighted by molar-refractivity contribution is 7.99. The van der Waals surface area contributed by atoms with E-state index in [9.17, 15) is 4.79 Å². The second-order valence-corrected chi connectivity index (χ2v) is 4.21. The minimum atomic E-state index is -0.302. The summed E-state index contributed by atoms with van der Waals surface area (Å²) in [7, 11) is 0.785. The van der Waals surface area contributed by atoms with Crippen LogP contribution in [0.15, 0.2) is 12.2 Å². The van der Waals surface area contributed by atoms with Gasteiger partial charge in [0.1, 0.15) is 10.5 Å². The van der Waals surface area contributed by atoms with Crippen molar-refractivity contribution in [3.8, 4) is 0 Å². The highest BCUT2D eigenvalue weighted by atomic mass is 32.2. The van der Waals surface area contributed by atoms with Gasteiger partial charge in [0, 0.05) is 5.57 Å². The van der Waals surface area contributed by atoms with E-state index in [4.69, 9.17) is 9.16 Å². The van der Waals surface area contributed by atoms with Crippen molar-refractivity contribution < 1.29 is 14.0 Å². The maximum absolute atomic E-state index is 10.9. The fraction of sp³-hybridized carbons (Fsp3) is 0.625. The summed E-state index contributed by atoms with van der Waals surface area (Å²) in [6, 6.07) is 0. The Bertz CT molecular complexity index is 173. The molecule has 0 rings (SSSR count). The highest BCUT2D eigenvalue weighted by Crippen LogP contribution is 2.02. The van der Waals surface area contributed by atoms with Gasteiger partial charge in [0.15, 0.2) is 0 Å². The summed E-state index contributed by atoms with van der Waals surface area (Å²) in [4.78, 5) is 10.9. The first-order valence-electron chi connectivity index (χ1n) is 4.07. The number of ether oxygens (including phenoxy) is 1. The maximum atomic E-state index is 10.9. The van der Waals surface area contributed by atoms with E-state index in [0.717, 1.165) is 28.6 Å². The Hall–Kier alpha value is -0.263. The standard InChI is InChI=1S/C8H16O3SSi/c1-7(2)8(9)10-4-3-5-12-6-11-13/h1,3-6H2,2,13H3. The van der Waals surface area contributed by atoms with E-state index < -0.39 is 0 Å². The molecule has 0 aliphatic heterocycles. The summed E-state index contributed by atoms with van der Waals surface area (Å²) in [5.41, 5.74) is 0.454. The van der Waals surface area contributed by atoms with Gasteiger partial charge in [-0.3, -0.25) is 0 Å². The molecule has 0 aromatic heterocycles. The Morgan fingerprint density at radius 1 is 1.62 bits per heavy atom. The maximum Gasteiger partial charge on any atom is 0.333 e. The number of hydrogen-bond acceptors (Lipinski definition) is 4. The lowest BCUT2D eigenvalue weighted by molar-refractivity contribution is -0.138. The van der Waals surface area contributed by atoms with Gasteiger partial charge in [-0.15, -0.1) is 11.8 Å². The topological polar surface area (TPSA) is 35.5 Å². The monoisotopic (exact) mass is 220 g/mol. The van der Waals surface area contributed by atoms with Gasteiger partial charge < -0.3 is 9.16 Å². The summed E-state index contributed by atoms with van der Waals surface area (Å²) in [6.07, 6.45) is 0.870. The van der Waals surface area contributed by atoms with Crippen molar-refractivity contribution in [3.63, 3.8) is 0 Å². The summed E-state index contributed by atoms with van der Waals surface area (Å²) < 4.78 is 9.89. The molecule has 0 unspecified atom stereocenters. The third-order valence-electron chi connectivity index (χ3n) is 1.22. The fourth-order valence-electron chi connectivity index (χ4n) is 0.591. The quantitative estimate of drug-likeness (QED) is 0.206. The normalized spacial score (nSPS) is 9.92. The fourth-order valence-corrected chi connectivity index (χ4v) is 1.70. The van der Waals surface area contributed by atoms with Crippen LogP contribution >= 0.6 is 11.8 Å². The molecule has 0 atom stereocenters. The molecule has 0 saturated heterocycles. The molecule has 0 N–H and O–H groups in total. The van der Waals surface area contributed by atoms with Gasteiger partial charge >= 0.3 is 5.97 Å². The van der Waals surface area contributed by atoms with Crippen LogP contribution in [-0.2, 0) is 14.0 Å². The number of esters is 1. The molecule has 76 valence electrons. The van der Waals surface area contributed by atoms with E-state index >= 15 is 0 Å². The van der Waals surface area contributed by atoms with Crippen molar-refractivity contribution in [2.45, 2.75) is 13.3 Å². The van der Waals surface area contributed by atoms with Crippen LogP contribution in [0, 0.1) is 0 Å². The molecule has 5 heteroatoms. The van der Waals surface area contributed by atoms with E-state index in [0.29, 0.717) is 12.2 Å². The van der Waals surface area contributed by atoms with Crippen molar-refractivity contribution in [3.05, 3.63) is 12.2 Å². The predicted molar refractivity (Wildman–Crippen MR) is 58.7 cm³/mol. The molecule has 0 radical (unpaired) electrons. The second-order valence-electron chi connectivity index (χ2n) is 2.58. The number of carbonyl (C=O) groups is 1. The van der Waals surface area contributed by atoms with Crippen LogP contribution in [0.3, 0.4) is 0 Å². The molecule has 0 aliphatic rings. The van der Waals surface area contributed by atoms with Crippen LogP contribution < -0.4 is 0 Å². The van der Waals surface area contributed by atoms with Crippen LogP contribution in [0.25, 0.3) is 0 Å². The minimum absolute atomic E-state index is 0.302. The number of thioether (sulfide) groups is 1. The van der Waals surface area contributed by atoms with E-state index in [1.165, 1.54) is 0 Å². The summed E-state index contributed by atoms with van der Waals surface area (Å²) in [5, 5.41) is 0. The Labute approximate surface area is 86.4 Å². The smallest absolute Gasteiger partial charge is 0.333 e. The van der Waals surface area contributed by atoms with Gasteiger partial charge in [0.05, 0.1) is 12.5 Å². The van der Waals surface area contributed by atoms with Crippen molar-refractivity contribution in [1.82, 2.24) is 0 Å². The minimum Gasteiger partial charge on any atom is -0.462 e. The second kappa shape index (κ2) is 8.34. The number of carbonyl (C=O) groups excluding carboxylic acids is 1. The highest BCUT2D eigenvalue weighted by Gasteiger charge is 2.01. The number of hydrogen-bond donors (Lipinski definition) is 0. The lowest BCUT2D eigenvalue weighted by Crippen LogP contribution is -2.06. The first-order chi connectivity index (χ1) is 6.18. The summed E-state index contributed by atoms with van der Waals surface area (Å²) in [5.74, 6) is 1.41.